The highest BCUT2D eigenvalue weighted by Gasteiger charge is 2.11. The zero-order valence-corrected chi connectivity index (χ0v) is 11.6. The molecule has 0 fully saturated rings. The minimum absolute atomic E-state index is 0.179. The number of ether oxygens (including phenoxy) is 2. The van der Waals surface area contributed by atoms with Gasteiger partial charge in [-0.05, 0) is 6.07 Å². The van der Waals surface area contributed by atoms with E-state index in [4.69, 9.17) is 14.6 Å². The highest BCUT2D eigenvalue weighted by Crippen LogP contribution is 2.30. The predicted octanol–water partition coefficient (Wildman–Crippen LogP) is 1.12. The second-order valence-corrected chi connectivity index (χ2v) is 4.74. The van der Waals surface area contributed by atoms with E-state index in [0.717, 1.165) is 11.8 Å². The lowest BCUT2D eigenvalue weighted by Crippen LogP contribution is -2.10. The summed E-state index contributed by atoms with van der Waals surface area (Å²) in [5, 5.41) is 9.23. The fourth-order valence-corrected chi connectivity index (χ4v) is 2.23. The number of rotatable bonds is 5. The van der Waals surface area contributed by atoms with Crippen molar-refractivity contribution in [3.63, 3.8) is 0 Å². The number of aliphatic carboxylic acids is 1. The van der Waals surface area contributed by atoms with Gasteiger partial charge >= 0.3 is 5.97 Å². The monoisotopic (exact) mass is 296 g/mol. The minimum Gasteiger partial charge on any atom is -0.493 e. The van der Waals surface area contributed by atoms with Gasteiger partial charge in [-0.15, -0.1) is 0 Å². The average molecular weight is 296 g/mol. The molecular formula is C12H12N2O5S. The van der Waals surface area contributed by atoms with Crippen LogP contribution in [0.4, 0.5) is 0 Å². The Hall–Kier alpha value is -2.22. The molecule has 20 heavy (non-hydrogen) atoms. The number of aromatic nitrogens is 2. The van der Waals surface area contributed by atoms with Gasteiger partial charge in [0.05, 0.1) is 30.9 Å². The summed E-state index contributed by atoms with van der Waals surface area (Å²) < 4.78 is 10.3. The van der Waals surface area contributed by atoms with Crippen molar-refractivity contribution in [2.75, 3.05) is 20.0 Å². The molecule has 0 saturated carbocycles. The largest absolute Gasteiger partial charge is 0.493 e. The highest BCUT2D eigenvalue weighted by molar-refractivity contribution is 7.99. The molecule has 0 amide bonds. The first-order chi connectivity index (χ1) is 9.55. The number of methoxy groups -OCH3 is 2. The topological polar surface area (TPSA) is 102 Å². The molecule has 0 bridgehead atoms. The Bertz CT molecular complexity index is 713. The zero-order chi connectivity index (χ0) is 14.7. The van der Waals surface area contributed by atoms with Crippen LogP contribution in [0, 0.1) is 0 Å². The van der Waals surface area contributed by atoms with Crippen LogP contribution in [0.25, 0.3) is 10.9 Å². The summed E-state index contributed by atoms with van der Waals surface area (Å²) in [5.74, 6) is -0.280. The first kappa shape index (κ1) is 14.2. The third kappa shape index (κ3) is 2.85. The number of hydrogen-bond acceptors (Lipinski definition) is 6. The minimum atomic E-state index is -0.981. The Labute approximate surface area is 117 Å². The molecule has 2 aromatic rings. The number of carboxylic acid groups (broad SMARTS) is 1. The molecular weight excluding hydrogens is 284 g/mol. The second kappa shape index (κ2) is 5.83. The summed E-state index contributed by atoms with van der Waals surface area (Å²) in [6.45, 7) is 0. The number of H-pyrrole nitrogens is 1. The molecule has 0 radical (unpaired) electrons. The maximum Gasteiger partial charge on any atom is 0.313 e. The van der Waals surface area contributed by atoms with Gasteiger partial charge in [-0.2, -0.15) is 0 Å². The molecule has 1 aromatic carbocycles. The Kier molecular flexibility index (Phi) is 4.14. The molecule has 2 N–H and O–H groups in total. The van der Waals surface area contributed by atoms with Crippen LogP contribution in [0.5, 0.6) is 11.5 Å². The van der Waals surface area contributed by atoms with Gasteiger partial charge in [0.1, 0.15) is 0 Å². The summed E-state index contributed by atoms with van der Waals surface area (Å²) in [5.41, 5.74) is 0.0585. The van der Waals surface area contributed by atoms with Crippen LogP contribution >= 0.6 is 11.8 Å². The fraction of sp³-hybridized carbons (Fsp3) is 0.250. The van der Waals surface area contributed by atoms with E-state index in [1.165, 1.54) is 20.3 Å². The Morgan fingerprint density at radius 1 is 1.35 bits per heavy atom. The van der Waals surface area contributed by atoms with Gasteiger partial charge in [0.25, 0.3) is 5.56 Å². The smallest absolute Gasteiger partial charge is 0.313 e. The first-order valence-corrected chi connectivity index (χ1v) is 6.54. The molecule has 1 aromatic heterocycles. The number of nitrogens with one attached hydrogen (secondary N) is 1. The first-order valence-electron chi connectivity index (χ1n) is 5.55. The van der Waals surface area contributed by atoms with E-state index < -0.39 is 5.97 Å². The molecule has 0 atom stereocenters. The molecule has 7 nitrogen and oxygen atoms in total. The predicted molar refractivity (Wildman–Crippen MR) is 73.8 cm³/mol. The van der Waals surface area contributed by atoms with Crippen LogP contribution in [-0.2, 0) is 4.79 Å². The van der Waals surface area contributed by atoms with Gasteiger partial charge in [-0.25, -0.2) is 4.98 Å². The Balaban J connectivity index is 2.53. The third-order valence-corrected chi connectivity index (χ3v) is 3.38. The number of carbonyl (C=O) groups is 1. The van der Waals surface area contributed by atoms with Crippen molar-refractivity contribution >= 4 is 28.6 Å². The molecule has 0 unspecified atom stereocenters. The maximum atomic E-state index is 12.0. The molecule has 0 aliphatic rings. The molecule has 8 heteroatoms. The summed E-state index contributed by atoms with van der Waals surface area (Å²) in [6.07, 6.45) is 0. The van der Waals surface area contributed by atoms with Crippen molar-refractivity contribution in [2.45, 2.75) is 5.16 Å². The molecule has 106 valence electrons. The van der Waals surface area contributed by atoms with Gasteiger partial charge < -0.3 is 19.6 Å². The Morgan fingerprint density at radius 3 is 2.60 bits per heavy atom. The summed E-state index contributed by atoms with van der Waals surface area (Å²) in [7, 11) is 2.96. The van der Waals surface area contributed by atoms with Crippen LogP contribution in [0.15, 0.2) is 22.1 Å². The number of nitrogens with zero attached hydrogens (tertiary/aromatic N) is 1. The molecule has 1 heterocycles. The lowest BCUT2D eigenvalue weighted by molar-refractivity contribution is -0.133. The number of carboxylic acids is 1. The van der Waals surface area contributed by atoms with Crippen LogP contribution in [0.2, 0.25) is 0 Å². The zero-order valence-electron chi connectivity index (χ0n) is 10.8. The van der Waals surface area contributed by atoms with Gasteiger partial charge in [0.15, 0.2) is 16.7 Å². The Morgan fingerprint density at radius 2 is 2.00 bits per heavy atom. The van der Waals surface area contributed by atoms with Gasteiger partial charge in [0.2, 0.25) is 0 Å². The molecule has 0 aliphatic heterocycles. The van der Waals surface area contributed by atoms with Gasteiger partial charge in [0, 0.05) is 6.07 Å². The highest BCUT2D eigenvalue weighted by atomic mass is 32.2. The second-order valence-electron chi connectivity index (χ2n) is 3.78. The summed E-state index contributed by atoms with van der Waals surface area (Å²) in [6, 6.07) is 3.11. The van der Waals surface area contributed by atoms with Crippen molar-refractivity contribution in [1.29, 1.82) is 0 Å². The van der Waals surface area contributed by atoms with Gasteiger partial charge in [-0.1, -0.05) is 11.8 Å². The van der Waals surface area contributed by atoms with E-state index in [1.54, 1.807) is 6.07 Å². The molecule has 0 spiro atoms. The number of aromatic amines is 1. The summed E-state index contributed by atoms with van der Waals surface area (Å²) >= 11 is 0.943. The van der Waals surface area contributed by atoms with E-state index in [-0.39, 0.29) is 16.5 Å². The van der Waals surface area contributed by atoms with Crippen molar-refractivity contribution in [1.82, 2.24) is 9.97 Å². The lowest BCUT2D eigenvalue weighted by atomic mass is 10.2. The SMILES string of the molecule is COc1cc2nc(SCC(=O)O)[nH]c(=O)c2cc1OC. The van der Waals surface area contributed by atoms with Crippen LogP contribution in [-0.4, -0.2) is 41.0 Å². The number of fused-ring (bicyclic) bond motifs is 1. The molecule has 0 saturated heterocycles. The normalized spacial score (nSPS) is 10.5. The van der Waals surface area contributed by atoms with Crippen molar-refractivity contribution < 1.29 is 19.4 Å². The van der Waals surface area contributed by atoms with E-state index >= 15 is 0 Å². The van der Waals surface area contributed by atoms with Crippen molar-refractivity contribution in [2.24, 2.45) is 0 Å². The van der Waals surface area contributed by atoms with Crippen molar-refractivity contribution in [3.05, 3.63) is 22.5 Å². The van der Waals surface area contributed by atoms with E-state index in [2.05, 4.69) is 9.97 Å². The van der Waals surface area contributed by atoms with Crippen molar-refractivity contribution in [3.8, 4) is 11.5 Å². The van der Waals surface area contributed by atoms with E-state index in [9.17, 15) is 9.59 Å². The van der Waals surface area contributed by atoms with Gasteiger partial charge in [-0.3, -0.25) is 9.59 Å². The molecule has 0 aliphatic carbocycles. The van der Waals surface area contributed by atoms with Crippen LogP contribution < -0.4 is 15.0 Å². The fourth-order valence-electron chi connectivity index (χ4n) is 1.64. The third-order valence-electron chi connectivity index (χ3n) is 2.52. The number of benzene rings is 1. The number of thioether (sulfide) groups is 1. The standard InChI is InChI=1S/C12H12N2O5S/c1-18-8-3-6-7(4-9(8)19-2)13-12(14-11(6)17)20-5-10(15)16/h3-4H,5H2,1-2H3,(H,15,16)(H,13,14,17). The lowest BCUT2D eigenvalue weighted by Gasteiger charge is -2.08. The van der Waals surface area contributed by atoms with E-state index in [1.807, 2.05) is 0 Å². The van der Waals surface area contributed by atoms with Crippen LogP contribution in [0.3, 0.4) is 0 Å². The quantitative estimate of drug-likeness (QED) is 0.629. The summed E-state index contributed by atoms with van der Waals surface area (Å²) in [4.78, 5) is 29.2. The van der Waals surface area contributed by atoms with E-state index in [0.29, 0.717) is 22.4 Å². The maximum absolute atomic E-state index is 12.0. The average Bonchev–Trinajstić information content (AvgIpc) is 2.43. The molecule has 2 rings (SSSR count). The van der Waals surface area contributed by atoms with Crippen LogP contribution in [0.1, 0.15) is 0 Å². The number of hydrogen-bond donors (Lipinski definition) is 2.